The van der Waals surface area contributed by atoms with E-state index in [-0.39, 0.29) is 5.54 Å². The van der Waals surface area contributed by atoms with Gasteiger partial charge in [-0.2, -0.15) is 0 Å². The molecule has 112 valence electrons. The molecule has 0 amide bonds. The maximum Gasteiger partial charge on any atom is 0.0278 e. The van der Waals surface area contributed by atoms with Crippen LogP contribution in [0.5, 0.6) is 0 Å². The zero-order chi connectivity index (χ0) is 13.9. The minimum absolute atomic E-state index is 0.276. The van der Waals surface area contributed by atoms with Crippen LogP contribution in [0.25, 0.3) is 0 Å². The molecule has 0 atom stereocenters. The molecule has 0 spiro atoms. The fourth-order valence-electron chi connectivity index (χ4n) is 3.41. The zero-order valence-electron chi connectivity index (χ0n) is 13.4. The highest BCUT2D eigenvalue weighted by atomic mass is 15.2. The van der Waals surface area contributed by atoms with Crippen LogP contribution in [0.2, 0.25) is 0 Å². The Labute approximate surface area is 119 Å². The van der Waals surface area contributed by atoms with Gasteiger partial charge in [-0.3, -0.25) is 4.90 Å². The maximum absolute atomic E-state index is 3.75. The third kappa shape index (κ3) is 3.93. The first-order valence-electron chi connectivity index (χ1n) is 8.08. The van der Waals surface area contributed by atoms with Crippen molar-refractivity contribution < 1.29 is 0 Å². The largest absolute Gasteiger partial charge is 0.314 e. The maximum atomic E-state index is 3.75. The van der Waals surface area contributed by atoms with Gasteiger partial charge in [0.25, 0.3) is 0 Å². The Kier molecular flexibility index (Phi) is 4.91. The molecule has 2 rings (SSSR count). The second-order valence-electron chi connectivity index (χ2n) is 7.77. The van der Waals surface area contributed by atoms with Crippen molar-refractivity contribution in [2.75, 3.05) is 39.3 Å². The van der Waals surface area contributed by atoms with Gasteiger partial charge in [-0.25, -0.2) is 0 Å². The smallest absolute Gasteiger partial charge is 0.0278 e. The molecule has 3 heteroatoms. The molecular formula is C16H33N3. The first-order valence-corrected chi connectivity index (χ1v) is 8.08. The lowest BCUT2D eigenvalue weighted by Gasteiger charge is -2.44. The van der Waals surface area contributed by atoms with Gasteiger partial charge in [-0.05, 0) is 38.0 Å². The molecule has 0 bridgehead atoms. The van der Waals surface area contributed by atoms with E-state index in [9.17, 15) is 0 Å². The summed E-state index contributed by atoms with van der Waals surface area (Å²) in [6, 6.07) is 0. The average Bonchev–Trinajstić information content (AvgIpc) is 2.26. The Morgan fingerprint density at radius 2 is 1.68 bits per heavy atom. The van der Waals surface area contributed by atoms with Gasteiger partial charge in [0.05, 0.1) is 0 Å². The SMILES string of the molecule is CC(C)(CNCC(C)(C)N1CCNCC1)C1CCC1. The quantitative estimate of drug-likeness (QED) is 0.771. The van der Waals surface area contributed by atoms with E-state index >= 15 is 0 Å². The Balaban J connectivity index is 1.74. The molecule has 0 unspecified atom stereocenters. The van der Waals surface area contributed by atoms with E-state index < -0.39 is 0 Å². The van der Waals surface area contributed by atoms with Crippen LogP contribution in [-0.2, 0) is 0 Å². The van der Waals surface area contributed by atoms with Gasteiger partial charge in [-0.15, -0.1) is 0 Å². The molecule has 2 N–H and O–H groups in total. The van der Waals surface area contributed by atoms with Crippen molar-refractivity contribution in [3.63, 3.8) is 0 Å². The second-order valence-corrected chi connectivity index (χ2v) is 7.77. The van der Waals surface area contributed by atoms with Crippen molar-refractivity contribution in [1.82, 2.24) is 15.5 Å². The van der Waals surface area contributed by atoms with E-state index in [2.05, 4.69) is 43.2 Å². The Bertz CT molecular complexity index is 276. The van der Waals surface area contributed by atoms with Crippen LogP contribution in [0.15, 0.2) is 0 Å². The van der Waals surface area contributed by atoms with Crippen LogP contribution >= 0.6 is 0 Å². The minimum Gasteiger partial charge on any atom is -0.314 e. The fraction of sp³-hybridized carbons (Fsp3) is 1.00. The summed E-state index contributed by atoms with van der Waals surface area (Å²) in [4.78, 5) is 2.62. The van der Waals surface area contributed by atoms with Crippen LogP contribution in [0.1, 0.15) is 47.0 Å². The highest BCUT2D eigenvalue weighted by Crippen LogP contribution is 2.41. The van der Waals surface area contributed by atoms with Crippen LogP contribution in [0, 0.1) is 11.3 Å². The van der Waals surface area contributed by atoms with Crippen LogP contribution in [0.3, 0.4) is 0 Å². The van der Waals surface area contributed by atoms with E-state index in [0.29, 0.717) is 5.41 Å². The summed E-state index contributed by atoms with van der Waals surface area (Å²) < 4.78 is 0. The molecule has 3 nitrogen and oxygen atoms in total. The molecule has 1 saturated heterocycles. The first-order chi connectivity index (χ1) is 8.92. The number of hydrogen-bond donors (Lipinski definition) is 2. The Morgan fingerprint density at radius 3 is 2.21 bits per heavy atom. The van der Waals surface area contributed by atoms with E-state index in [1.165, 1.54) is 32.4 Å². The summed E-state index contributed by atoms with van der Waals surface area (Å²) in [7, 11) is 0. The number of nitrogens with one attached hydrogen (secondary N) is 2. The van der Waals surface area contributed by atoms with Crippen LogP contribution in [-0.4, -0.2) is 49.7 Å². The van der Waals surface area contributed by atoms with Crippen molar-refractivity contribution >= 4 is 0 Å². The third-order valence-corrected chi connectivity index (χ3v) is 5.32. The molecule has 0 aromatic carbocycles. The average molecular weight is 267 g/mol. The summed E-state index contributed by atoms with van der Waals surface area (Å²) in [6.45, 7) is 16.5. The normalized spacial score (nSPS) is 23.4. The van der Waals surface area contributed by atoms with Crippen molar-refractivity contribution in [1.29, 1.82) is 0 Å². The van der Waals surface area contributed by atoms with Gasteiger partial charge in [0.15, 0.2) is 0 Å². The van der Waals surface area contributed by atoms with Gasteiger partial charge in [0.1, 0.15) is 0 Å². The van der Waals surface area contributed by atoms with Gasteiger partial charge in [0, 0.05) is 44.8 Å². The molecule has 0 aromatic rings. The second kappa shape index (κ2) is 6.11. The standard InChI is InChI=1S/C16H33N3/c1-15(2,14-6-5-7-14)12-18-13-16(3,4)19-10-8-17-9-11-19/h14,17-18H,5-13H2,1-4H3. The topological polar surface area (TPSA) is 27.3 Å². The van der Waals surface area contributed by atoms with E-state index in [1.54, 1.807) is 0 Å². The molecule has 0 radical (unpaired) electrons. The number of rotatable bonds is 6. The predicted octanol–water partition coefficient (Wildman–Crippen LogP) is 2.09. The molecule has 2 fully saturated rings. The van der Waals surface area contributed by atoms with Crippen molar-refractivity contribution in [3.8, 4) is 0 Å². The summed E-state index contributed by atoms with van der Waals surface area (Å²) in [5, 5.41) is 7.19. The van der Waals surface area contributed by atoms with Crippen molar-refractivity contribution in [2.24, 2.45) is 11.3 Å². The summed E-state index contributed by atoms with van der Waals surface area (Å²) in [6.07, 6.45) is 4.33. The molecular weight excluding hydrogens is 234 g/mol. The Morgan fingerprint density at radius 1 is 1.05 bits per heavy atom. The van der Waals surface area contributed by atoms with E-state index in [4.69, 9.17) is 0 Å². The van der Waals surface area contributed by atoms with Crippen molar-refractivity contribution in [2.45, 2.75) is 52.5 Å². The molecule has 1 aliphatic carbocycles. The fourth-order valence-corrected chi connectivity index (χ4v) is 3.41. The molecule has 1 aliphatic heterocycles. The van der Waals surface area contributed by atoms with Gasteiger partial charge >= 0.3 is 0 Å². The number of hydrogen-bond acceptors (Lipinski definition) is 3. The monoisotopic (exact) mass is 267 g/mol. The summed E-state index contributed by atoms with van der Waals surface area (Å²) >= 11 is 0. The highest BCUT2D eigenvalue weighted by Gasteiger charge is 2.34. The summed E-state index contributed by atoms with van der Waals surface area (Å²) in [5.74, 6) is 0.947. The third-order valence-electron chi connectivity index (χ3n) is 5.32. The van der Waals surface area contributed by atoms with Crippen LogP contribution in [0.4, 0.5) is 0 Å². The molecule has 1 heterocycles. The number of nitrogens with zero attached hydrogens (tertiary/aromatic N) is 1. The first kappa shape index (κ1) is 15.3. The van der Waals surface area contributed by atoms with E-state index in [0.717, 1.165) is 32.1 Å². The number of piperazine rings is 1. The molecule has 0 aromatic heterocycles. The molecule has 1 saturated carbocycles. The lowest BCUT2D eigenvalue weighted by Crippen LogP contribution is -2.57. The lowest BCUT2D eigenvalue weighted by molar-refractivity contribution is 0.0851. The van der Waals surface area contributed by atoms with Crippen molar-refractivity contribution in [3.05, 3.63) is 0 Å². The molecule has 2 aliphatic rings. The summed E-state index contributed by atoms with van der Waals surface area (Å²) in [5.41, 5.74) is 0.746. The zero-order valence-corrected chi connectivity index (χ0v) is 13.4. The molecule has 19 heavy (non-hydrogen) atoms. The highest BCUT2D eigenvalue weighted by molar-refractivity contribution is 4.90. The lowest BCUT2D eigenvalue weighted by atomic mass is 9.67. The van der Waals surface area contributed by atoms with Gasteiger partial charge in [-0.1, -0.05) is 20.3 Å². The van der Waals surface area contributed by atoms with Gasteiger partial charge < -0.3 is 10.6 Å². The van der Waals surface area contributed by atoms with Gasteiger partial charge in [0.2, 0.25) is 0 Å². The van der Waals surface area contributed by atoms with E-state index in [1.807, 2.05) is 0 Å². The van der Waals surface area contributed by atoms with Crippen LogP contribution < -0.4 is 10.6 Å². The Hall–Kier alpha value is -0.120. The predicted molar refractivity (Wildman–Crippen MR) is 82.5 cm³/mol. The minimum atomic E-state index is 0.276.